The highest BCUT2D eigenvalue weighted by Crippen LogP contribution is 2.25. The number of aromatic nitrogens is 1. The largest absolute Gasteiger partial charge is 0.409 e. The third-order valence-corrected chi connectivity index (χ3v) is 2.28. The zero-order valence-corrected chi connectivity index (χ0v) is 9.49. The van der Waals surface area contributed by atoms with Gasteiger partial charge >= 0.3 is 5.69 Å². The van der Waals surface area contributed by atoms with Crippen LogP contribution in [0, 0.1) is 10.1 Å². The highest BCUT2D eigenvalue weighted by atomic mass is 16.6. The molecule has 0 atom stereocenters. The van der Waals surface area contributed by atoms with Gasteiger partial charge in [0.1, 0.15) is 0 Å². The number of hydrogen-bond donors (Lipinski definition) is 2. The standard InChI is InChI=1S/C9H13N5O3/c1-3-13(2)9-7(14(16)17)4-6(5-11-9)8(10)12-15/h4-5,15H,3H2,1-2H3,(H2,10,12). The van der Waals surface area contributed by atoms with E-state index in [-0.39, 0.29) is 22.9 Å². The monoisotopic (exact) mass is 239 g/mol. The third kappa shape index (κ3) is 2.60. The summed E-state index contributed by atoms with van der Waals surface area (Å²) in [6, 6.07) is 1.23. The summed E-state index contributed by atoms with van der Waals surface area (Å²) >= 11 is 0. The summed E-state index contributed by atoms with van der Waals surface area (Å²) in [5.41, 5.74) is 5.37. The van der Waals surface area contributed by atoms with E-state index in [1.54, 1.807) is 11.9 Å². The molecule has 1 rings (SSSR count). The Morgan fingerprint density at radius 3 is 2.88 bits per heavy atom. The van der Waals surface area contributed by atoms with Crippen molar-refractivity contribution in [2.75, 3.05) is 18.5 Å². The van der Waals surface area contributed by atoms with E-state index in [4.69, 9.17) is 10.9 Å². The van der Waals surface area contributed by atoms with Gasteiger partial charge in [0, 0.05) is 31.4 Å². The number of nitrogens with two attached hydrogens (primary N) is 1. The fourth-order valence-corrected chi connectivity index (χ4v) is 1.22. The zero-order valence-electron chi connectivity index (χ0n) is 9.49. The van der Waals surface area contributed by atoms with Crippen LogP contribution in [0.25, 0.3) is 0 Å². The van der Waals surface area contributed by atoms with Crippen molar-refractivity contribution in [1.29, 1.82) is 0 Å². The first-order valence-corrected chi connectivity index (χ1v) is 4.84. The van der Waals surface area contributed by atoms with E-state index in [2.05, 4.69) is 10.1 Å². The predicted octanol–water partition coefficient (Wildman–Crippen LogP) is 0.540. The lowest BCUT2D eigenvalue weighted by molar-refractivity contribution is -0.384. The molecular weight excluding hydrogens is 226 g/mol. The molecule has 0 saturated carbocycles. The van der Waals surface area contributed by atoms with Gasteiger partial charge in [-0.1, -0.05) is 5.16 Å². The lowest BCUT2D eigenvalue weighted by Crippen LogP contribution is -2.20. The topological polar surface area (TPSA) is 118 Å². The number of anilines is 1. The van der Waals surface area contributed by atoms with Crippen LogP contribution < -0.4 is 10.6 Å². The van der Waals surface area contributed by atoms with Crippen LogP contribution >= 0.6 is 0 Å². The SMILES string of the molecule is CCN(C)c1ncc(C(N)=NO)cc1[N+](=O)[O-]. The maximum Gasteiger partial charge on any atom is 0.312 e. The summed E-state index contributed by atoms with van der Waals surface area (Å²) in [5.74, 6) is 0.0262. The predicted molar refractivity (Wildman–Crippen MR) is 62.3 cm³/mol. The minimum absolute atomic E-state index is 0.182. The van der Waals surface area contributed by atoms with E-state index in [9.17, 15) is 10.1 Å². The summed E-state index contributed by atoms with van der Waals surface area (Å²) in [6.07, 6.45) is 1.32. The zero-order chi connectivity index (χ0) is 13.0. The molecular formula is C9H13N5O3. The van der Waals surface area contributed by atoms with Crippen LogP contribution in [0.4, 0.5) is 11.5 Å². The van der Waals surface area contributed by atoms with Crippen LogP contribution in [-0.4, -0.2) is 34.5 Å². The molecule has 0 saturated heterocycles. The first-order valence-electron chi connectivity index (χ1n) is 4.84. The quantitative estimate of drug-likeness (QED) is 0.260. The van der Waals surface area contributed by atoms with Gasteiger partial charge in [0.15, 0.2) is 5.84 Å². The molecule has 0 fully saturated rings. The molecule has 0 aliphatic heterocycles. The van der Waals surface area contributed by atoms with E-state index in [1.165, 1.54) is 12.3 Å². The number of pyridine rings is 1. The molecule has 0 radical (unpaired) electrons. The Balaban J connectivity index is 3.32. The normalized spacial score (nSPS) is 11.3. The van der Waals surface area contributed by atoms with E-state index < -0.39 is 4.92 Å². The average molecular weight is 239 g/mol. The van der Waals surface area contributed by atoms with Gasteiger partial charge < -0.3 is 15.8 Å². The van der Waals surface area contributed by atoms with Crippen molar-refractivity contribution in [2.24, 2.45) is 10.9 Å². The Morgan fingerprint density at radius 1 is 1.76 bits per heavy atom. The first-order chi connectivity index (χ1) is 8.01. The molecule has 92 valence electrons. The number of oxime groups is 1. The fraction of sp³-hybridized carbons (Fsp3) is 0.333. The van der Waals surface area contributed by atoms with Gasteiger partial charge in [0.25, 0.3) is 0 Å². The van der Waals surface area contributed by atoms with Gasteiger partial charge in [-0.25, -0.2) is 4.98 Å². The Labute approximate surface area is 97.5 Å². The molecule has 8 heteroatoms. The minimum atomic E-state index is -0.553. The van der Waals surface area contributed by atoms with Crippen molar-refractivity contribution in [1.82, 2.24) is 4.98 Å². The molecule has 1 heterocycles. The van der Waals surface area contributed by atoms with Crippen LogP contribution in [0.15, 0.2) is 17.4 Å². The van der Waals surface area contributed by atoms with Crippen LogP contribution in [0.2, 0.25) is 0 Å². The fourth-order valence-electron chi connectivity index (χ4n) is 1.22. The van der Waals surface area contributed by atoms with Crippen molar-refractivity contribution >= 4 is 17.3 Å². The molecule has 1 aromatic heterocycles. The summed E-state index contributed by atoms with van der Waals surface area (Å²) in [5, 5.41) is 22.2. The van der Waals surface area contributed by atoms with E-state index >= 15 is 0 Å². The Morgan fingerprint density at radius 2 is 2.41 bits per heavy atom. The van der Waals surface area contributed by atoms with Crippen LogP contribution in [0.3, 0.4) is 0 Å². The second-order valence-electron chi connectivity index (χ2n) is 3.32. The van der Waals surface area contributed by atoms with Crippen LogP contribution in [-0.2, 0) is 0 Å². The van der Waals surface area contributed by atoms with Crippen molar-refractivity contribution in [3.8, 4) is 0 Å². The number of nitro groups is 1. The molecule has 8 nitrogen and oxygen atoms in total. The van der Waals surface area contributed by atoms with Crippen LogP contribution in [0.1, 0.15) is 12.5 Å². The van der Waals surface area contributed by atoms with E-state index in [1.807, 2.05) is 6.92 Å². The number of rotatable bonds is 4. The molecule has 0 spiro atoms. The van der Waals surface area contributed by atoms with Crippen molar-refractivity contribution in [3.63, 3.8) is 0 Å². The molecule has 0 bridgehead atoms. The van der Waals surface area contributed by atoms with Gasteiger partial charge in [0.2, 0.25) is 5.82 Å². The third-order valence-electron chi connectivity index (χ3n) is 2.28. The minimum Gasteiger partial charge on any atom is -0.409 e. The molecule has 17 heavy (non-hydrogen) atoms. The van der Waals surface area contributed by atoms with Gasteiger partial charge in [-0.3, -0.25) is 10.1 Å². The summed E-state index contributed by atoms with van der Waals surface area (Å²) < 4.78 is 0. The highest BCUT2D eigenvalue weighted by molar-refractivity contribution is 5.97. The molecule has 0 aromatic carbocycles. The second-order valence-corrected chi connectivity index (χ2v) is 3.32. The highest BCUT2D eigenvalue weighted by Gasteiger charge is 2.19. The number of nitrogens with zero attached hydrogens (tertiary/aromatic N) is 4. The molecule has 0 unspecified atom stereocenters. The molecule has 1 aromatic rings. The lowest BCUT2D eigenvalue weighted by Gasteiger charge is -2.15. The van der Waals surface area contributed by atoms with E-state index in [0.29, 0.717) is 6.54 Å². The smallest absolute Gasteiger partial charge is 0.312 e. The maximum atomic E-state index is 10.9. The molecule has 0 amide bonds. The van der Waals surface area contributed by atoms with E-state index in [0.717, 1.165) is 0 Å². The first kappa shape index (κ1) is 12.7. The second kappa shape index (κ2) is 5.10. The van der Waals surface area contributed by atoms with Crippen molar-refractivity contribution in [2.45, 2.75) is 6.92 Å². The molecule has 0 aliphatic rings. The van der Waals surface area contributed by atoms with Crippen molar-refractivity contribution in [3.05, 3.63) is 27.9 Å². The average Bonchev–Trinajstić information content (AvgIpc) is 2.35. The van der Waals surface area contributed by atoms with Gasteiger partial charge in [-0.2, -0.15) is 0 Å². The van der Waals surface area contributed by atoms with Crippen LogP contribution in [0.5, 0.6) is 0 Å². The van der Waals surface area contributed by atoms with Gasteiger partial charge in [0.05, 0.1) is 4.92 Å². The molecule has 3 N–H and O–H groups in total. The van der Waals surface area contributed by atoms with Gasteiger partial charge in [-0.05, 0) is 6.92 Å². The Hall–Kier alpha value is -2.38. The maximum absolute atomic E-state index is 10.9. The summed E-state index contributed by atoms with van der Waals surface area (Å²) in [7, 11) is 1.69. The number of amidine groups is 1. The van der Waals surface area contributed by atoms with Gasteiger partial charge in [-0.15, -0.1) is 0 Å². The number of hydrogen-bond acceptors (Lipinski definition) is 6. The van der Waals surface area contributed by atoms with Crippen molar-refractivity contribution < 1.29 is 10.1 Å². The Kier molecular flexibility index (Phi) is 3.81. The Bertz CT molecular complexity index is 460. The molecule has 0 aliphatic carbocycles. The summed E-state index contributed by atoms with van der Waals surface area (Å²) in [6.45, 7) is 2.43. The summed E-state index contributed by atoms with van der Waals surface area (Å²) in [4.78, 5) is 15.9. The lowest BCUT2D eigenvalue weighted by atomic mass is 10.2.